The van der Waals surface area contributed by atoms with E-state index in [0.29, 0.717) is 11.3 Å². The van der Waals surface area contributed by atoms with Gasteiger partial charge in [0.25, 0.3) is 0 Å². The molecule has 3 aromatic heterocycles. The van der Waals surface area contributed by atoms with E-state index in [1.165, 1.54) is 0 Å². The minimum atomic E-state index is -2.13. The predicted octanol–water partition coefficient (Wildman–Crippen LogP) is 1.29. The highest BCUT2D eigenvalue weighted by Gasteiger charge is 2.40. The molecule has 0 atom stereocenters. The molecule has 0 spiro atoms. The Hall–Kier alpha value is -2.56. The molecule has 0 unspecified atom stereocenters. The van der Waals surface area contributed by atoms with Crippen LogP contribution in [0.1, 0.15) is 20.8 Å². The summed E-state index contributed by atoms with van der Waals surface area (Å²) in [5, 5.41) is 0.982. The number of fused-ring (bicyclic) bond motifs is 3. The first-order valence-electron chi connectivity index (χ1n) is 9.05. The highest BCUT2D eigenvalue weighted by Crippen LogP contribution is 2.22. The SMILES string of the molecule is [2H]C([2H])([2H])c1c[n+](C)c(B2c3oc4ncccc4c3C=CN2C)cc1C. The van der Waals surface area contributed by atoms with Gasteiger partial charge in [0, 0.05) is 32.9 Å². The molecule has 0 amide bonds. The maximum atomic E-state index is 7.73. The number of rotatable bonds is 1. The molecule has 23 heavy (non-hydrogen) atoms. The van der Waals surface area contributed by atoms with Crippen LogP contribution in [-0.2, 0) is 7.05 Å². The third kappa shape index (κ3) is 2.07. The van der Waals surface area contributed by atoms with Crippen molar-refractivity contribution in [1.29, 1.82) is 0 Å². The fourth-order valence-corrected chi connectivity index (χ4v) is 3.19. The lowest BCUT2D eigenvalue weighted by molar-refractivity contribution is -0.654. The zero-order valence-electron chi connectivity index (χ0n) is 16.4. The van der Waals surface area contributed by atoms with E-state index in [-0.39, 0.29) is 6.85 Å². The summed E-state index contributed by atoms with van der Waals surface area (Å²) in [5.74, 6) is 0. The average Bonchev–Trinajstić information content (AvgIpc) is 2.94. The molecule has 0 fully saturated rings. The second kappa shape index (κ2) is 4.98. The Bertz CT molecular complexity index is 1040. The quantitative estimate of drug-likeness (QED) is 0.502. The summed E-state index contributed by atoms with van der Waals surface area (Å²) in [7, 11) is 3.86. The zero-order valence-corrected chi connectivity index (χ0v) is 13.4. The van der Waals surface area contributed by atoms with Crippen LogP contribution in [0, 0.1) is 13.8 Å². The van der Waals surface area contributed by atoms with Crippen LogP contribution in [0.3, 0.4) is 0 Å². The highest BCUT2D eigenvalue weighted by molar-refractivity contribution is 6.82. The van der Waals surface area contributed by atoms with Gasteiger partial charge >= 0.3 is 6.85 Å². The van der Waals surface area contributed by atoms with Gasteiger partial charge in [-0.15, -0.1) is 0 Å². The Morgan fingerprint density at radius 1 is 1.39 bits per heavy atom. The van der Waals surface area contributed by atoms with E-state index in [2.05, 4.69) is 9.79 Å². The van der Waals surface area contributed by atoms with Crippen molar-refractivity contribution in [2.75, 3.05) is 7.05 Å². The summed E-state index contributed by atoms with van der Waals surface area (Å²) in [6, 6.07) is 5.83. The Morgan fingerprint density at radius 3 is 3.09 bits per heavy atom. The van der Waals surface area contributed by atoms with E-state index in [1.807, 2.05) is 56.1 Å². The molecule has 5 heteroatoms. The number of aryl methyl sites for hydroxylation is 3. The van der Waals surface area contributed by atoms with Crippen molar-refractivity contribution in [2.24, 2.45) is 7.05 Å². The molecule has 4 nitrogen and oxygen atoms in total. The molecule has 0 aromatic carbocycles. The first kappa shape index (κ1) is 11.1. The standard InChI is InChI=1S/C18H19BN3O/c1-12-10-16(21(3)11-13(12)2)19-17-14(7-9-22(19)4)15-6-5-8-20-18(15)23-17/h5-11H,1-4H3/q+1/i2D3. The van der Waals surface area contributed by atoms with Gasteiger partial charge in [0.1, 0.15) is 12.7 Å². The van der Waals surface area contributed by atoms with Gasteiger partial charge in [-0.25, -0.2) is 9.55 Å². The van der Waals surface area contributed by atoms with Crippen LogP contribution in [0.5, 0.6) is 0 Å². The minimum Gasteiger partial charge on any atom is -0.449 e. The van der Waals surface area contributed by atoms with Crippen LogP contribution in [0.15, 0.2) is 41.2 Å². The van der Waals surface area contributed by atoms with Crippen molar-refractivity contribution in [2.45, 2.75) is 13.8 Å². The molecule has 0 saturated heterocycles. The Kier molecular flexibility index (Phi) is 2.39. The molecule has 4 heterocycles. The van der Waals surface area contributed by atoms with E-state index >= 15 is 0 Å². The van der Waals surface area contributed by atoms with Crippen molar-refractivity contribution >= 4 is 35.3 Å². The first-order valence-corrected chi connectivity index (χ1v) is 7.55. The summed E-state index contributed by atoms with van der Waals surface area (Å²) in [5.41, 5.74) is 4.53. The van der Waals surface area contributed by atoms with E-state index in [1.54, 1.807) is 12.4 Å². The number of pyridine rings is 2. The Balaban J connectivity index is 1.92. The molecular formula is C18H19BN3O+. The van der Waals surface area contributed by atoms with Gasteiger partial charge in [-0.3, -0.25) is 0 Å². The zero-order chi connectivity index (χ0) is 18.6. The number of hydrogen-bond acceptors (Lipinski definition) is 3. The van der Waals surface area contributed by atoms with Crippen molar-refractivity contribution in [3.63, 3.8) is 0 Å². The lowest BCUT2D eigenvalue weighted by Crippen LogP contribution is -2.65. The van der Waals surface area contributed by atoms with Crippen LogP contribution >= 0.6 is 0 Å². The van der Waals surface area contributed by atoms with E-state index < -0.39 is 6.85 Å². The molecule has 0 saturated carbocycles. The van der Waals surface area contributed by atoms with Gasteiger partial charge in [0.05, 0.1) is 0 Å². The van der Waals surface area contributed by atoms with Crippen molar-refractivity contribution in [1.82, 2.24) is 9.79 Å². The summed E-state index contributed by atoms with van der Waals surface area (Å²) in [4.78, 5) is 6.39. The lowest BCUT2D eigenvalue weighted by Gasteiger charge is -2.24. The summed E-state index contributed by atoms with van der Waals surface area (Å²) >= 11 is 0. The van der Waals surface area contributed by atoms with Gasteiger partial charge < -0.3 is 9.23 Å². The maximum absolute atomic E-state index is 7.73. The number of nitrogens with zero attached hydrogens (tertiary/aromatic N) is 3. The molecular weight excluding hydrogens is 285 g/mol. The van der Waals surface area contributed by atoms with Gasteiger partial charge in [-0.2, -0.15) is 0 Å². The first-order chi connectivity index (χ1) is 12.3. The van der Waals surface area contributed by atoms with Crippen molar-refractivity contribution < 1.29 is 13.1 Å². The third-order valence-corrected chi connectivity index (χ3v) is 4.46. The number of aromatic nitrogens is 2. The van der Waals surface area contributed by atoms with Crippen molar-refractivity contribution in [3.8, 4) is 0 Å². The van der Waals surface area contributed by atoms with E-state index in [0.717, 1.165) is 27.8 Å². The number of furan rings is 1. The second-order valence-electron chi connectivity index (χ2n) is 6.03. The largest absolute Gasteiger partial charge is 0.449 e. The van der Waals surface area contributed by atoms with Crippen LogP contribution in [0.2, 0.25) is 0 Å². The van der Waals surface area contributed by atoms with Crippen LogP contribution in [0.4, 0.5) is 0 Å². The fourth-order valence-electron chi connectivity index (χ4n) is 3.19. The Labute approximate surface area is 140 Å². The average molecular weight is 307 g/mol. The molecule has 114 valence electrons. The molecule has 4 rings (SSSR count). The highest BCUT2D eigenvalue weighted by atomic mass is 16.3. The Morgan fingerprint density at radius 2 is 2.26 bits per heavy atom. The van der Waals surface area contributed by atoms with E-state index in [4.69, 9.17) is 8.53 Å². The predicted molar refractivity (Wildman–Crippen MR) is 92.9 cm³/mol. The maximum Gasteiger partial charge on any atom is 0.443 e. The minimum absolute atomic E-state index is 0.154. The van der Waals surface area contributed by atoms with Gasteiger partial charge in [0.15, 0.2) is 11.8 Å². The van der Waals surface area contributed by atoms with Crippen LogP contribution in [0.25, 0.3) is 17.2 Å². The monoisotopic (exact) mass is 307 g/mol. The second-order valence-corrected chi connectivity index (χ2v) is 6.03. The summed E-state index contributed by atoms with van der Waals surface area (Å²) in [6.07, 6.45) is 7.46. The number of hydrogen-bond donors (Lipinski definition) is 0. The smallest absolute Gasteiger partial charge is 0.443 e. The fraction of sp³-hybridized carbons (Fsp3) is 0.222. The third-order valence-electron chi connectivity index (χ3n) is 4.46. The normalized spacial score (nSPS) is 16.2. The van der Waals surface area contributed by atoms with Gasteiger partial charge in [-0.05, 0) is 50.8 Å². The lowest BCUT2D eigenvalue weighted by atomic mass is 9.52. The van der Waals surface area contributed by atoms with Crippen LogP contribution < -0.4 is 15.8 Å². The van der Waals surface area contributed by atoms with E-state index in [9.17, 15) is 0 Å². The topological polar surface area (TPSA) is 33.1 Å². The summed E-state index contributed by atoms with van der Waals surface area (Å²) < 4.78 is 31.1. The van der Waals surface area contributed by atoms with Gasteiger partial charge in [-0.1, -0.05) is 0 Å². The van der Waals surface area contributed by atoms with Crippen molar-refractivity contribution in [3.05, 3.63) is 53.5 Å². The van der Waals surface area contributed by atoms with Gasteiger partial charge in [0.2, 0.25) is 5.71 Å². The molecule has 1 aliphatic rings. The summed E-state index contributed by atoms with van der Waals surface area (Å²) in [6.45, 7) is -0.448. The molecule has 1 aliphatic heterocycles. The molecule has 0 N–H and O–H groups in total. The van der Waals surface area contributed by atoms with Crippen LogP contribution in [-0.4, -0.2) is 23.7 Å². The molecule has 0 bridgehead atoms. The molecule has 0 aliphatic carbocycles. The molecule has 3 aromatic rings. The molecule has 0 radical (unpaired) electrons.